The predicted octanol–water partition coefficient (Wildman–Crippen LogP) is 8.06. The molecule has 0 saturated heterocycles. The monoisotopic (exact) mass is 674 g/mol. The van der Waals surface area contributed by atoms with Crippen molar-refractivity contribution in [3.63, 3.8) is 0 Å². The molecule has 44 heavy (non-hydrogen) atoms. The van der Waals surface area contributed by atoms with E-state index in [4.69, 9.17) is 14.2 Å². The first-order valence-corrected chi connectivity index (χ1v) is 14.3. The first-order valence-electron chi connectivity index (χ1n) is 13.5. The predicted molar refractivity (Wildman–Crippen MR) is 160 cm³/mol. The van der Waals surface area contributed by atoms with Crippen LogP contribution in [-0.2, 0) is 15.8 Å². The quantitative estimate of drug-likeness (QED) is 0.152. The fourth-order valence-electron chi connectivity index (χ4n) is 5.42. The molecule has 5 nitrogen and oxygen atoms in total. The highest BCUT2D eigenvalue weighted by Crippen LogP contribution is 2.44. The number of benzene rings is 4. The number of rotatable bonds is 8. The zero-order chi connectivity index (χ0) is 31.5. The summed E-state index contributed by atoms with van der Waals surface area (Å²) in [6.45, 7) is -1.41. The van der Waals surface area contributed by atoms with E-state index in [1.807, 2.05) is 0 Å². The summed E-state index contributed by atoms with van der Waals surface area (Å²) in [5.74, 6) is 0.210. The summed E-state index contributed by atoms with van der Waals surface area (Å²) >= 11 is 3.22. The Morgan fingerprint density at radius 1 is 0.864 bits per heavy atom. The molecule has 1 aliphatic heterocycles. The van der Waals surface area contributed by atoms with Crippen LogP contribution in [0, 0.1) is 5.82 Å². The third kappa shape index (κ3) is 5.97. The molecule has 230 valence electrons. The van der Waals surface area contributed by atoms with E-state index < -0.39 is 48.3 Å². The van der Waals surface area contributed by atoms with E-state index in [0.717, 1.165) is 6.07 Å². The molecule has 1 unspecified atom stereocenters. The third-order valence-corrected chi connectivity index (χ3v) is 8.15. The van der Waals surface area contributed by atoms with Crippen LogP contribution in [0.2, 0.25) is 0 Å². The SMILES string of the molecule is COc1ccc(C(NC2=N[C@](CF)(c3cc(Br)ccc3F)CC(C(F)(F)F)O2)(c2ccccc2)c2ccc(OC)cc2)cc1. The van der Waals surface area contributed by atoms with Gasteiger partial charge in [-0.05, 0) is 59.2 Å². The van der Waals surface area contributed by atoms with E-state index in [-0.39, 0.29) is 5.56 Å². The molecular weight excluding hydrogens is 647 g/mol. The lowest BCUT2D eigenvalue weighted by atomic mass is 9.77. The zero-order valence-electron chi connectivity index (χ0n) is 23.7. The Bertz CT molecular complexity index is 1570. The number of hydrogen-bond acceptors (Lipinski definition) is 5. The molecule has 0 spiro atoms. The van der Waals surface area contributed by atoms with Gasteiger partial charge in [-0.3, -0.25) is 0 Å². The van der Waals surface area contributed by atoms with E-state index >= 15 is 8.78 Å². The van der Waals surface area contributed by atoms with Crippen molar-refractivity contribution < 1.29 is 36.2 Å². The molecule has 1 aliphatic rings. The molecule has 0 bridgehead atoms. The number of amidine groups is 1. The van der Waals surface area contributed by atoms with Crippen molar-refractivity contribution >= 4 is 22.0 Å². The van der Waals surface area contributed by atoms with Gasteiger partial charge in [0.2, 0.25) is 0 Å². The summed E-state index contributed by atoms with van der Waals surface area (Å²) < 4.78 is 90.0. The van der Waals surface area contributed by atoms with E-state index in [0.29, 0.717) is 32.7 Å². The second kappa shape index (κ2) is 12.5. The van der Waals surface area contributed by atoms with Crippen LogP contribution in [0.1, 0.15) is 28.7 Å². The number of aliphatic imine (C=N–C) groups is 1. The number of nitrogens with one attached hydrogen (secondary N) is 1. The Hall–Kier alpha value is -4.12. The molecule has 1 N–H and O–H groups in total. The Kier molecular flexibility index (Phi) is 8.88. The van der Waals surface area contributed by atoms with Crippen molar-refractivity contribution in [2.75, 3.05) is 20.9 Å². The van der Waals surface area contributed by atoms with Crippen molar-refractivity contribution in [2.24, 2.45) is 4.99 Å². The first-order chi connectivity index (χ1) is 21.0. The summed E-state index contributed by atoms with van der Waals surface area (Å²) in [5.41, 5.74) is -2.23. The lowest BCUT2D eigenvalue weighted by molar-refractivity contribution is -0.210. The van der Waals surface area contributed by atoms with Crippen molar-refractivity contribution in [1.29, 1.82) is 0 Å². The maximum absolute atomic E-state index is 15.2. The van der Waals surface area contributed by atoms with Gasteiger partial charge in [0.15, 0.2) is 6.10 Å². The summed E-state index contributed by atoms with van der Waals surface area (Å²) in [4.78, 5) is 4.39. The van der Waals surface area contributed by atoms with Gasteiger partial charge in [0.1, 0.15) is 35.1 Å². The molecule has 0 radical (unpaired) electrons. The largest absolute Gasteiger partial charge is 0.497 e. The Labute approximate surface area is 259 Å². The van der Waals surface area contributed by atoms with Crippen LogP contribution in [0.15, 0.2) is 107 Å². The Morgan fingerprint density at radius 2 is 1.41 bits per heavy atom. The van der Waals surface area contributed by atoms with E-state index in [1.165, 1.54) is 26.4 Å². The van der Waals surface area contributed by atoms with Crippen LogP contribution in [0.3, 0.4) is 0 Å². The van der Waals surface area contributed by atoms with Crippen molar-refractivity contribution in [3.05, 3.63) is 130 Å². The average Bonchev–Trinajstić information content (AvgIpc) is 3.04. The molecule has 0 aliphatic carbocycles. The minimum absolute atomic E-state index is 0.328. The standard InChI is InChI=1S/C33H28BrF5N2O3/c1-42-25-13-8-22(9-14-25)32(21-6-4-3-5-7-21,23-10-15-26(43-2)16-11-23)41-30-40-31(20-35,19-29(44-30)33(37,38)39)27-18-24(34)12-17-28(27)36/h3-18,29H,19-20H2,1-2H3,(H,40,41)/t29?,31-/m1/s1. The molecule has 5 rings (SSSR count). The Morgan fingerprint density at radius 3 is 1.91 bits per heavy atom. The van der Waals surface area contributed by atoms with Gasteiger partial charge < -0.3 is 19.5 Å². The lowest BCUT2D eigenvalue weighted by Crippen LogP contribution is -2.55. The van der Waals surface area contributed by atoms with Gasteiger partial charge in [-0.2, -0.15) is 13.2 Å². The average molecular weight is 675 g/mol. The van der Waals surface area contributed by atoms with Crippen LogP contribution in [0.4, 0.5) is 22.0 Å². The molecule has 4 aromatic rings. The fourth-order valence-corrected chi connectivity index (χ4v) is 5.78. The number of ether oxygens (including phenoxy) is 3. The smallest absolute Gasteiger partial charge is 0.425 e. The third-order valence-electron chi connectivity index (χ3n) is 7.66. The molecule has 4 aromatic carbocycles. The molecule has 1 heterocycles. The van der Waals surface area contributed by atoms with Crippen molar-refractivity contribution in [1.82, 2.24) is 5.32 Å². The van der Waals surface area contributed by atoms with Crippen molar-refractivity contribution in [3.8, 4) is 11.5 Å². The van der Waals surface area contributed by atoms with Crippen molar-refractivity contribution in [2.45, 2.75) is 29.8 Å². The summed E-state index contributed by atoms with van der Waals surface area (Å²) in [5, 5.41) is 3.13. The molecule has 0 aromatic heterocycles. The van der Waals surface area contributed by atoms with Gasteiger partial charge in [0.25, 0.3) is 6.02 Å². The van der Waals surface area contributed by atoms with Crippen LogP contribution < -0.4 is 14.8 Å². The highest BCUT2D eigenvalue weighted by Gasteiger charge is 2.53. The number of hydrogen-bond donors (Lipinski definition) is 1. The minimum Gasteiger partial charge on any atom is -0.497 e. The maximum Gasteiger partial charge on any atom is 0.425 e. The number of halogens is 6. The van der Waals surface area contributed by atoms with Gasteiger partial charge in [-0.1, -0.05) is 70.5 Å². The zero-order valence-corrected chi connectivity index (χ0v) is 25.3. The molecule has 0 fully saturated rings. The van der Waals surface area contributed by atoms with Gasteiger partial charge >= 0.3 is 6.18 Å². The normalized spacial score (nSPS) is 18.6. The van der Waals surface area contributed by atoms with Gasteiger partial charge in [0.05, 0.1) is 14.2 Å². The molecular formula is C33H28BrF5N2O3. The lowest BCUT2D eigenvalue weighted by Gasteiger charge is -2.42. The highest BCUT2D eigenvalue weighted by atomic mass is 79.9. The van der Waals surface area contributed by atoms with E-state index in [2.05, 4.69) is 26.2 Å². The number of nitrogens with zero attached hydrogens (tertiary/aromatic N) is 1. The van der Waals surface area contributed by atoms with Gasteiger partial charge in [0, 0.05) is 16.5 Å². The first kappa shape index (κ1) is 31.3. The van der Waals surface area contributed by atoms with Crippen LogP contribution in [0.25, 0.3) is 0 Å². The van der Waals surface area contributed by atoms with Crippen LogP contribution in [-0.4, -0.2) is 39.2 Å². The second-order valence-corrected chi connectivity index (χ2v) is 11.2. The molecule has 2 atom stereocenters. The summed E-state index contributed by atoms with van der Waals surface area (Å²) in [6.07, 6.45) is -8.37. The second-order valence-electron chi connectivity index (χ2n) is 10.3. The van der Waals surface area contributed by atoms with E-state index in [9.17, 15) is 13.2 Å². The molecule has 0 saturated carbocycles. The molecule has 11 heteroatoms. The van der Waals surface area contributed by atoms with Gasteiger partial charge in [-0.25, -0.2) is 13.8 Å². The Balaban J connectivity index is 1.78. The van der Waals surface area contributed by atoms with Gasteiger partial charge in [-0.15, -0.1) is 0 Å². The number of methoxy groups -OCH3 is 2. The van der Waals surface area contributed by atoms with Crippen LogP contribution in [0.5, 0.6) is 11.5 Å². The fraction of sp³-hybridized carbons (Fsp3) is 0.242. The maximum atomic E-state index is 15.2. The topological polar surface area (TPSA) is 52.1 Å². The van der Waals surface area contributed by atoms with Crippen LogP contribution >= 0.6 is 15.9 Å². The number of alkyl halides is 4. The highest BCUT2D eigenvalue weighted by molar-refractivity contribution is 9.10. The summed E-state index contributed by atoms with van der Waals surface area (Å²) in [7, 11) is 3.03. The minimum atomic E-state index is -4.92. The molecule has 0 amide bonds. The summed E-state index contributed by atoms with van der Waals surface area (Å²) in [6, 6.07) is 25.9. The van der Waals surface area contributed by atoms with E-state index in [1.54, 1.807) is 78.9 Å².